The van der Waals surface area contributed by atoms with Crippen molar-refractivity contribution in [3.05, 3.63) is 83.3 Å². The molecule has 3 aromatic rings. The van der Waals surface area contributed by atoms with Gasteiger partial charge in [-0.25, -0.2) is 0 Å². The fourth-order valence-electron chi connectivity index (χ4n) is 2.15. The first kappa shape index (κ1) is 17.8. The summed E-state index contributed by atoms with van der Waals surface area (Å²) < 4.78 is 10.6. The van der Waals surface area contributed by atoms with Gasteiger partial charge < -0.3 is 14.5 Å². The predicted octanol–water partition coefficient (Wildman–Crippen LogP) is 4.38. The van der Waals surface area contributed by atoms with Gasteiger partial charge in [0, 0.05) is 6.21 Å². The topological polar surface area (TPSA) is 63.8 Å². The number of hydrogen-bond donors (Lipinski definition) is 1. The number of nitrogens with one attached hydrogen (secondary N) is 1. The Hall–Kier alpha value is -3.05. The Labute approximate surface area is 156 Å². The molecular formula is C20H17ClN2O3. The molecule has 1 aromatic heterocycles. The Morgan fingerprint density at radius 2 is 1.92 bits per heavy atom. The van der Waals surface area contributed by atoms with Crippen LogP contribution in [-0.2, 0) is 11.3 Å². The number of para-hydroxylation sites is 1. The normalized spacial score (nSPS) is 10.8. The third-order valence-corrected chi connectivity index (χ3v) is 3.81. The van der Waals surface area contributed by atoms with Gasteiger partial charge in [-0.05, 0) is 54.1 Å². The number of benzene rings is 2. The summed E-state index contributed by atoms with van der Waals surface area (Å²) in [6, 6.07) is 18.2. The maximum atomic E-state index is 11.8. The van der Waals surface area contributed by atoms with E-state index in [1.54, 1.807) is 42.8 Å². The Morgan fingerprint density at radius 3 is 2.65 bits per heavy atom. The van der Waals surface area contributed by atoms with Crippen LogP contribution in [0.3, 0.4) is 0 Å². The van der Waals surface area contributed by atoms with Crippen LogP contribution in [0.5, 0.6) is 5.75 Å². The van der Waals surface area contributed by atoms with Crippen molar-refractivity contribution < 1.29 is 13.9 Å². The molecule has 0 aliphatic heterocycles. The van der Waals surface area contributed by atoms with Crippen LogP contribution in [0.25, 0.3) is 0 Å². The first-order valence-corrected chi connectivity index (χ1v) is 8.39. The van der Waals surface area contributed by atoms with Crippen molar-refractivity contribution in [2.45, 2.75) is 6.54 Å². The van der Waals surface area contributed by atoms with E-state index in [9.17, 15) is 4.79 Å². The van der Waals surface area contributed by atoms with E-state index in [-0.39, 0.29) is 12.5 Å². The highest BCUT2D eigenvalue weighted by atomic mass is 35.5. The maximum Gasteiger partial charge on any atom is 0.258 e. The largest absolute Gasteiger partial charge is 0.484 e. The average Bonchev–Trinajstić information content (AvgIpc) is 3.18. The molecule has 1 N–H and O–H groups in total. The van der Waals surface area contributed by atoms with Crippen LogP contribution in [0.4, 0.5) is 5.69 Å². The summed E-state index contributed by atoms with van der Waals surface area (Å²) in [5.41, 5.74) is 1.61. The minimum absolute atomic E-state index is 0.0617. The average molecular weight is 369 g/mol. The zero-order valence-corrected chi connectivity index (χ0v) is 14.6. The number of amides is 1. The van der Waals surface area contributed by atoms with Gasteiger partial charge in [-0.2, -0.15) is 0 Å². The maximum absolute atomic E-state index is 11.8. The van der Waals surface area contributed by atoms with Crippen LogP contribution in [-0.4, -0.2) is 18.7 Å². The van der Waals surface area contributed by atoms with Crippen molar-refractivity contribution in [1.29, 1.82) is 0 Å². The fraction of sp³-hybridized carbons (Fsp3) is 0.100. The minimum Gasteiger partial charge on any atom is -0.484 e. The second-order valence-corrected chi connectivity index (χ2v) is 5.83. The molecule has 26 heavy (non-hydrogen) atoms. The number of furan rings is 1. The van der Waals surface area contributed by atoms with Gasteiger partial charge in [-0.15, -0.1) is 0 Å². The van der Waals surface area contributed by atoms with Gasteiger partial charge in [-0.1, -0.05) is 23.7 Å². The highest BCUT2D eigenvalue weighted by Crippen LogP contribution is 2.23. The first-order valence-electron chi connectivity index (χ1n) is 8.01. The molecular weight excluding hydrogens is 352 g/mol. The highest BCUT2D eigenvalue weighted by molar-refractivity contribution is 6.33. The molecule has 3 rings (SSSR count). The summed E-state index contributed by atoms with van der Waals surface area (Å²) in [6.45, 7) is 0.278. The summed E-state index contributed by atoms with van der Waals surface area (Å²) in [5, 5.41) is 3.32. The first-order chi connectivity index (χ1) is 12.7. The molecule has 0 aliphatic carbocycles. The lowest BCUT2D eigenvalue weighted by atomic mass is 10.2. The summed E-state index contributed by atoms with van der Waals surface area (Å²) in [7, 11) is 0. The zero-order chi connectivity index (χ0) is 18.2. The van der Waals surface area contributed by atoms with Crippen molar-refractivity contribution >= 4 is 29.4 Å². The fourth-order valence-corrected chi connectivity index (χ4v) is 2.33. The number of nitrogens with zero attached hydrogens (tertiary/aromatic N) is 1. The molecule has 132 valence electrons. The SMILES string of the molecule is O=C(COc1ccc(C=Nc2ccccc2Cl)cc1)NCc1ccco1. The van der Waals surface area contributed by atoms with Crippen molar-refractivity contribution in [3.63, 3.8) is 0 Å². The summed E-state index contributed by atoms with van der Waals surface area (Å²) in [6.07, 6.45) is 3.29. The predicted molar refractivity (Wildman–Crippen MR) is 101 cm³/mol. The summed E-state index contributed by atoms with van der Waals surface area (Å²) in [4.78, 5) is 16.1. The second kappa shape index (κ2) is 8.87. The van der Waals surface area contributed by atoms with Crippen molar-refractivity contribution in [1.82, 2.24) is 5.32 Å². The number of aliphatic imine (C=N–C) groups is 1. The molecule has 2 aromatic carbocycles. The van der Waals surface area contributed by atoms with E-state index in [1.807, 2.05) is 30.3 Å². The molecule has 1 amide bonds. The van der Waals surface area contributed by atoms with Gasteiger partial charge in [0.25, 0.3) is 5.91 Å². The molecule has 0 radical (unpaired) electrons. The van der Waals surface area contributed by atoms with E-state index < -0.39 is 0 Å². The van der Waals surface area contributed by atoms with Gasteiger partial charge in [0.05, 0.1) is 23.5 Å². The number of ether oxygens (including phenoxy) is 1. The van der Waals surface area contributed by atoms with E-state index >= 15 is 0 Å². The standard InChI is InChI=1S/C20H17ClN2O3/c21-18-5-1-2-6-19(18)22-12-15-7-9-16(10-8-15)26-14-20(24)23-13-17-4-3-11-25-17/h1-12H,13-14H2,(H,23,24). The minimum atomic E-state index is -0.217. The lowest BCUT2D eigenvalue weighted by molar-refractivity contribution is -0.123. The number of carbonyl (C=O) groups excluding carboxylic acids is 1. The lowest BCUT2D eigenvalue weighted by Gasteiger charge is -2.06. The Morgan fingerprint density at radius 1 is 1.12 bits per heavy atom. The molecule has 0 spiro atoms. The van der Waals surface area contributed by atoms with Crippen LogP contribution < -0.4 is 10.1 Å². The van der Waals surface area contributed by atoms with Gasteiger partial charge in [-0.3, -0.25) is 9.79 Å². The third-order valence-electron chi connectivity index (χ3n) is 3.50. The third kappa shape index (κ3) is 5.22. The van der Waals surface area contributed by atoms with E-state index in [4.69, 9.17) is 20.8 Å². The van der Waals surface area contributed by atoms with Gasteiger partial charge in [0.2, 0.25) is 0 Å². The molecule has 1 heterocycles. The Bertz CT molecular complexity index is 874. The molecule has 0 fully saturated rings. The van der Waals surface area contributed by atoms with E-state index in [2.05, 4.69) is 10.3 Å². The number of rotatable bonds is 7. The van der Waals surface area contributed by atoms with Crippen LogP contribution >= 0.6 is 11.6 Å². The van der Waals surface area contributed by atoms with Crippen molar-refractivity contribution in [3.8, 4) is 5.75 Å². The molecule has 5 nitrogen and oxygen atoms in total. The van der Waals surface area contributed by atoms with E-state index in [0.29, 0.717) is 28.8 Å². The van der Waals surface area contributed by atoms with E-state index in [0.717, 1.165) is 5.56 Å². The Kier molecular flexibility index (Phi) is 6.06. The smallest absolute Gasteiger partial charge is 0.258 e. The monoisotopic (exact) mass is 368 g/mol. The number of hydrogen-bond acceptors (Lipinski definition) is 4. The lowest BCUT2D eigenvalue weighted by Crippen LogP contribution is -2.28. The molecule has 6 heteroatoms. The van der Waals surface area contributed by atoms with Crippen molar-refractivity contribution in [2.75, 3.05) is 6.61 Å². The Balaban J connectivity index is 1.48. The molecule has 0 aliphatic rings. The van der Waals surface area contributed by atoms with Gasteiger partial charge >= 0.3 is 0 Å². The second-order valence-electron chi connectivity index (χ2n) is 5.42. The highest BCUT2D eigenvalue weighted by Gasteiger charge is 2.04. The number of carbonyl (C=O) groups is 1. The molecule has 0 saturated carbocycles. The van der Waals surface area contributed by atoms with Crippen molar-refractivity contribution in [2.24, 2.45) is 4.99 Å². The summed E-state index contributed by atoms with van der Waals surface area (Å²) >= 11 is 6.07. The van der Waals surface area contributed by atoms with Crippen LogP contribution in [0, 0.1) is 0 Å². The molecule has 0 bridgehead atoms. The zero-order valence-electron chi connectivity index (χ0n) is 13.9. The molecule has 0 atom stereocenters. The van der Waals surface area contributed by atoms with Crippen LogP contribution in [0.2, 0.25) is 5.02 Å². The van der Waals surface area contributed by atoms with Crippen LogP contribution in [0.1, 0.15) is 11.3 Å². The van der Waals surface area contributed by atoms with Crippen LogP contribution in [0.15, 0.2) is 76.3 Å². The van der Waals surface area contributed by atoms with E-state index in [1.165, 1.54) is 0 Å². The summed E-state index contributed by atoms with van der Waals surface area (Å²) in [5.74, 6) is 1.08. The number of halogens is 1. The van der Waals surface area contributed by atoms with Gasteiger partial charge in [0.15, 0.2) is 6.61 Å². The quantitative estimate of drug-likeness (QED) is 0.629. The molecule has 0 saturated heterocycles. The molecule has 0 unspecified atom stereocenters. The van der Waals surface area contributed by atoms with Gasteiger partial charge in [0.1, 0.15) is 11.5 Å².